The first kappa shape index (κ1) is 11.9. The van der Waals surface area contributed by atoms with E-state index in [1.807, 2.05) is 0 Å². The van der Waals surface area contributed by atoms with Crippen molar-refractivity contribution in [2.75, 3.05) is 13.2 Å². The van der Waals surface area contributed by atoms with Crippen LogP contribution in [0.4, 0.5) is 0 Å². The lowest BCUT2D eigenvalue weighted by Gasteiger charge is -2.17. The molecule has 0 amide bonds. The summed E-state index contributed by atoms with van der Waals surface area (Å²) >= 11 is 0. The first-order valence-corrected chi connectivity index (χ1v) is 4.90. The Morgan fingerprint density at radius 3 is 2.17 bits per heavy atom. The lowest BCUT2D eigenvalue weighted by molar-refractivity contribution is 0.229. The zero-order valence-corrected chi connectivity index (χ0v) is 8.80. The molecule has 2 unspecified atom stereocenters. The fraction of sp³-hybridized carbons (Fsp3) is 1.00. The fourth-order valence-corrected chi connectivity index (χ4v) is 1.26. The van der Waals surface area contributed by atoms with Crippen molar-refractivity contribution in [2.45, 2.75) is 40.2 Å². The molecule has 2 heteroatoms. The van der Waals surface area contributed by atoms with Gasteiger partial charge in [0, 0.05) is 19.2 Å². The van der Waals surface area contributed by atoms with Crippen LogP contribution in [0.3, 0.4) is 0 Å². The summed E-state index contributed by atoms with van der Waals surface area (Å²) < 4.78 is 0. The van der Waals surface area contributed by atoms with Gasteiger partial charge in [0.25, 0.3) is 0 Å². The van der Waals surface area contributed by atoms with E-state index in [1.165, 1.54) is 6.42 Å². The van der Waals surface area contributed by atoms with E-state index in [-0.39, 0.29) is 6.61 Å². The summed E-state index contributed by atoms with van der Waals surface area (Å²) in [5, 5.41) is 12.2. The maximum atomic E-state index is 8.79. The number of nitrogens with one attached hydrogen (secondary N) is 1. The van der Waals surface area contributed by atoms with Crippen LogP contribution < -0.4 is 5.32 Å². The molecule has 2 N–H and O–H groups in total. The second-order valence-corrected chi connectivity index (χ2v) is 4.23. The topological polar surface area (TPSA) is 32.3 Å². The van der Waals surface area contributed by atoms with Crippen LogP contribution in [-0.2, 0) is 0 Å². The summed E-state index contributed by atoms with van der Waals surface area (Å²) in [7, 11) is 0. The Balaban J connectivity index is 3.36. The van der Waals surface area contributed by atoms with E-state index in [0.29, 0.717) is 12.0 Å². The highest BCUT2D eigenvalue weighted by atomic mass is 16.3. The van der Waals surface area contributed by atoms with Gasteiger partial charge in [-0.25, -0.2) is 0 Å². The third-order valence-electron chi connectivity index (χ3n) is 1.95. The molecule has 2 nitrogen and oxygen atoms in total. The summed E-state index contributed by atoms with van der Waals surface area (Å²) in [6, 6.07) is 0.569. The van der Waals surface area contributed by atoms with E-state index >= 15 is 0 Å². The summed E-state index contributed by atoms with van der Waals surface area (Å²) in [5.74, 6) is 1.12. The van der Waals surface area contributed by atoms with E-state index in [9.17, 15) is 0 Å². The Hall–Kier alpha value is -0.0800. The number of hydrogen-bond acceptors (Lipinski definition) is 2. The van der Waals surface area contributed by atoms with Crippen molar-refractivity contribution >= 4 is 0 Å². The van der Waals surface area contributed by atoms with Crippen molar-refractivity contribution < 1.29 is 5.11 Å². The number of rotatable bonds is 6. The summed E-state index contributed by atoms with van der Waals surface area (Å²) in [5.41, 5.74) is 0. The zero-order valence-electron chi connectivity index (χ0n) is 8.80. The van der Waals surface area contributed by atoms with E-state index < -0.39 is 0 Å². The van der Waals surface area contributed by atoms with E-state index in [4.69, 9.17) is 5.11 Å². The van der Waals surface area contributed by atoms with Gasteiger partial charge in [-0.3, -0.25) is 0 Å². The standard InChI is InChI=1S/C10H23NO/c1-8(2)5-10(4)11-6-9(3)7-12/h8-12H,5-7H2,1-4H3. The van der Waals surface area contributed by atoms with Crippen molar-refractivity contribution in [3.8, 4) is 0 Å². The van der Waals surface area contributed by atoms with E-state index in [1.54, 1.807) is 0 Å². The minimum Gasteiger partial charge on any atom is -0.396 e. The summed E-state index contributed by atoms with van der Waals surface area (Å²) in [6.07, 6.45) is 1.21. The molecule has 0 spiro atoms. The molecule has 0 aliphatic heterocycles. The van der Waals surface area contributed by atoms with Crippen molar-refractivity contribution in [3.05, 3.63) is 0 Å². The van der Waals surface area contributed by atoms with Crippen LogP contribution >= 0.6 is 0 Å². The van der Waals surface area contributed by atoms with Gasteiger partial charge in [-0.05, 0) is 25.2 Å². The van der Waals surface area contributed by atoms with Gasteiger partial charge in [-0.2, -0.15) is 0 Å². The molecule has 12 heavy (non-hydrogen) atoms. The third kappa shape index (κ3) is 6.62. The summed E-state index contributed by atoms with van der Waals surface area (Å²) in [4.78, 5) is 0. The Bertz CT molecular complexity index is 104. The maximum Gasteiger partial charge on any atom is 0.0468 e. The van der Waals surface area contributed by atoms with Crippen LogP contribution in [0.1, 0.15) is 34.1 Å². The fourth-order valence-electron chi connectivity index (χ4n) is 1.26. The molecular weight excluding hydrogens is 150 g/mol. The van der Waals surface area contributed by atoms with Gasteiger partial charge in [0.05, 0.1) is 0 Å². The third-order valence-corrected chi connectivity index (χ3v) is 1.95. The van der Waals surface area contributed by atoms with Crippen LogP contribution in [0.5, 0.6) is 0 Å². The van der Waals surface area contributed by atoms with Crippen LogP contribution in [0.15, 0.2) is 0 Å². The Morgan fingerprint density at radius 1 is 1.17 bits per heavy atom. The van der Waals surface area contributed by atoms with E-state index in [2.05, 4.69) is 33.0 Å². The average Bonchev–Trinajstić information content (AvgIpc) is 1.99. The molecule has 0 heterocycles. The smallest absolute Gasteiger partial charge is 0.0468 e. The number of aliphatic hydroxyl groups excluding tert-OH is 1. The highest BCUT2D eigenvalue weighted by Gasteiger charge is 2.05. The lowest BCUT2D eigenvalue weighted by atomic mass is 10.0. The first-order valence-electron chi connectivity index (χ1n) is 4.90. The normalized spacial score (nSPS) is 16.5. The monoisotopic (exact) mass is 173 g/mol. The number of aliphatic hydroxyl groups is 1. The number of hydrogen-bond donors (Lipinski definition) is 2. The van der Waals surface area contributed by atoms with Gasteiger partial charge in [0.1, 0.15) is 0 Å². The molecule has 74 valence electrons. The predicted molar refractivity (Wildman–Crippen MR) is 53.2 cm³/mol. The molecule has 0 fully saturated rings. The summed E-state index contributed by atoms with van der Waals surface area (Å²) in [6.45, 7) is 9.91. The molecule has 0 aliphatic rings. The molecule has 0 bridgehead atoms. The highest BCUT2D eigenvalue weighted by Crippen LogP contribution is 2.04. The van der Waals surface area contributed by atoms with Gasteiger partial charge in [0.2, 0.25) is 0 Å². The van der Waals surface area contributed by atoms with Crippen LogP contribution in [0, 0.1) is 11.8 Å². The molecular formula is C10H23NO. The maximum absolute atomic E-state index is 8.79. The van der Waals surface area contributed by atoms with Crippen molar-refractivity contribution in [2.24, 2.45) is 11.8 Å². The minimum absolute atomic E-state index is 0.279. The molecule has 0 aromatic heterocycles. The SMILES string of the molecule is CC(C)CC(C)NCC(C)CO. The Kier molecular flexibility index (Phi) is 6.39. The van der Waals surface area contributed by atoms with Crippen molar-refractivity contribution in [1.82, 2.24) is 5.32 Å². The van der Waals surface area contributed by atoms with Crippen LogP contribution in [0.2, 0.25) is 0 Å². The zero-order chi connectivity index (χ0) is 9.56. The van der Waals surface area contributed by atoms with E-state index in [0.717, 1.165) is 12.5 Å². The molecule has 0 radical (unpaired) electrons. The van der Waals surface area contributed by atoms with Gasteiger partial charge < -0.3 is 10.4 Å². The largest absolute Gasteiger partial charge is 0.396 e. The second-order valence-electron chi connectivity index (χ2n) is 4.23. The van der Waals surface area contributed by atoms with Gasteiger partial charge in [-0.15, -0.1) is 0 Å². The quantitative estimate of drug-likeness (QED) is 0.640. The highest BCUT2D eigenvalue weighted by molar-refractivity contribution is 4.64. The molecule has 0 rings (SSSR count). The van der Waals surface area contributed by atoms with Gasteiger partial charge in [0.15, 0.2) is 0 Å². The molecule has 0 aromatic rings. The lowest BCUT2D eigenvalue weighted by Crippen LogP contribution is -2.32. The molecule has 0 saturated carbocycles. The predicted octanol–water partition coefficient (Wildman–Crippen LogP) is 1.64. The van der Waals surface area contributed by atoms with Gasteiger partial charge in [-0.1, -0.05) is 20.8 Å². The van der Waals surface area contributed by atoms with Crippen LogP contribution in [-0.4, -0.2) is 24.3 Å². The van der Waals surface area contributed by atoms with Crippen molar-refractivity contribution in [1.29, 1.82) is 0 Å². The second kappa shape index (κ2) is 6.44. The van der Waals surface area contributed by atoms with Gasteiger partial charge >= 0.3 is 0 Å². The molecule has 0 aliphatic carbocycles. The van der Waals surface area contributed by atoms with Crippen molar-refractivity contribution in [3.63, 3.8) is 0 Å². The Labute approximate surface area is 76.4 Å². The Morgan fingerprint density at radius 2 is 1.75 bits per heavy atom. The molecule has 0 aromatic carbocycles. The first-order chi connectivity index (χ1) is 5.56. The van der Waals surface area contributed by atoms with Crippen LogP contribution in [0.25, 0.3) is 0 Å². The molecule has 0 saturated heterocycles. The minimum atomic E-state index is 0.279. The average molecular weight is 173 g/mol. The molecule has 2 atom stereocenters.